The highest BCUT2D eigenvalue weighted by Gasteiger charge is 2.26. The van der Waals surface area contributed by atoms with E-state index in [0.29, 0.717) is 61.7 Å². The van der Waals surface area contributed by atoms with Crippen molar-refractivity contribution in [3.63, 3.8) is 0 Å². The lowest BCUT2D eigenvalue weighted by Crippen LogP contribution is -2.38. The number of tetrazole rings is 1. The fourth-order valence-corrected chi connectivity index (χ4v) is 4.71. The molecule has 0 atom stereocenters. The van der Waals surface area contributed by atoms with Gasteiger partial charge in [0.15, 0.2) is 19.9 Å². The third-order valence-corrected chi connectivity index (χ3v) is 6.98. The van der Waals surface area contributed by atoms with E-state index in [4.69, 9.17) is 14.3 Å². The van der Waals surface area contributed by atoms with Crippen molar-refractivity contribution in [3.8, 4) is 23.2 Å². The minimum atomic E-state index is -1.63. The fourth-order valence-electron chi connectivity index (χ4n) is 4.00. The Kier molecular flexibility index (Phi) is 7.84. The molecule has 1 fully saturated rings. The first-order chi connectivity index (χ1) is 17.6. The fraction of sp³-hybridized carbons (Fsp3) is 0.478. The van der Waals surface area contributed by atoms with Gasteiger partial charge in [0.1, 0.15) is 18.4 Å². The van der Waals surface area contributed by atoms with Gasteiger partial charge in [-0.3, -0.25) is 4.68 Å². The zero-order valence-corrected chi connectivity index (χ0v) is 22.0. The van der Waals surface area contributed by atoms with Gasteiger partial charge in [-0.05, 0) is 55.9 Å². The maximum absolute atomic E-state index is 14.8. The number of rotatable bonds is 9. The number of hydrogen-bond donors (Lipinski definition) is 1. The number of halogens is 1. The van der Waals surface area contributed by atoms with E-state index in [2.05, 4.69) is 46.2 Å². The van der Waals surface area contributed by atoms with E-state index in [9.17, 15) is 14.4 Å². The predicted molar refractivity (Wildman–Crippen MR) is 132 cm³/mol. The molecule has 0 saturated carbocycles. The topological polar surface area (TPSA) is 144 Å². The third-order valence-electron chi connectivity index (χ3n) is 5.91. The summed E-state index contributed by atoms with van der Waals surface area (Å²) in [6, 6.07) is 6.46. The highest BCUT2D eigenvalue weighted by molar-refractivity contribution is 6.69. The van der Waals surface area contributed by atoms with Gasteiger partial charge in [0.2, 0.25) is 5.82 Å². The lowest BCUT2D eigenvalue weighted by Gasteiger charge is -2.30. The van der Waals surface area contributed by atoms with E-state index < -0.39 is 20.2 Å². The van der Waals surface area contributed by atoms with Gasteiger partial charge in [-0.1, -0.05) is 0 Å². The van der Waals surface area contributed by atoms with Gasteiger partial charge in [0.25, 0.3) is 0 Å². The number of ether oxygens (including phenoxy) is 1. The molecule has 1 amide bonds. The molecule has 0 bridgehead atoms. The third kappa shape index (κ3) is 6.49. The van der Waals surface area contributed by atoms with Gasteiger partial charge in [0, 0.05) is 24.2 Å². The van der Waals surface area contributed by atoms with Crippen LogP contribution in [-0.2, 0) is 17.6 Å². The van der Waals surface area contributed by atoms with E-state index in [1.54, 1.807) is 10.7 Å². The number of carboxylic acid groups (broad SMARTS) is 1. The monoisotopic (exact) mass is 528 g/mol. The second-order valence-electron chi connectivity index (χ2n) is 9.68. The Morgan fingerprint density at radius 1 is 1.30 bits per heavy atom. The molecule has 3 aromatic rings. The molecule has 0 spiro atoms. The first-order valence-corrected chi connectivity index (χ1v) is 15.3. The molecular formula is C23H29FN8O4Si. The molecule has 1 aromatic carbocycles. The van der Waals surface area contributed by atoms with Crippen LogP contribution in [0.25, 0.3) is 11.4 Å². The van der Waals surface area contributed by atoms with Crippen molar-refractivity contribution in [1.29, 1.82) is 5.26 Å². The van der Waals surface area contributed by atoms with Crippen LogP contribution in [-0.4, -0.2) is 74.1 Å². The summed E-state index contributed by atoms with van der Waals surface area (Å²) in [5.74, 6) is -0.283. The predicted octanol–water partition coefficient (Wildman–Crippen LogP) is 3.29. The maximum Gasteiger partial charge on any atom is 0.407 e. The van der Waals surface area contributed by atoms with Crippen LogP contribution >= 0.6 is 0 Å². The summed E-state index contributed by atoms with van der Waals surface area (Å²) in [7, 11) is -1.63. The number of likely N-dealkylation sites (tertiary alicyclic amines) is 1. The maximum atomic E-state index is 14.8. The number of aromatic nitrogens is 6. The molecule has 0 aliphatic carbocycles. The summed E-state index contributed by atoms with van der Waals surface area (Å²) in [6.07, 6.45) is 1.70. The SMILES string of the molecule is C[Si](C)(C)OCCn1nnc(-c2ccc(OCc3cnn(C4CCN(C(=O)O)CC4)c3C#N)c(F)c2)n1. The molecule has 1 aliphatic rings. The van der Waals surface area contributed by atoms with E-state index in [-0.39, 0.29) is 18.4 Å². The molecule has 0 radical (unpaired) electrons. The average molecular weight is 529 g/mol. The number of benzene rings is 1. The number of nitriles is 1. The summed E-state index contributed by atoms with van der Waals surface area (Å²) in [5.41, 5.74) is 1.31. The smallest absolute Gasteiger partial charge is 0.407 e. The van der Waals surface area contributed by atoms with E-state index >= 15 is 0 Å². The molecule has 14 heteroatoms. The Hall–Kier alpha value is -3.83. The Balaban J connectivity index is 1.37. The Morgan fingerprint density at radius 3 is 2.70 bits per heavy atom. The van der Waals surface area contributed by atoms with Crippen LogP contribution in [0.4, 0.5) is 9.18 Å². The number of piperidine rings is 1. The second kappa shape index (κ2) is 11.1. The molecule has 12 nitrogen and oxygen atoms in total. The number of amides is 1. The van der Waals surface area contributed by atoms with Crippen molar-refractivity contribution in [3.05, 3.63) is 41.5 Å². The van der Waals surface area contributed by atoms with Crippen molar-refractivity contribution in [2.24, 2.45) is 0 Å². The molecule has 1 aliphatic heterocycles. The molecule has 196 valence electrons. The quantitative estimate of drug-likeness (QED) is 0.414. The molecule has 1 N–H and O–H groups in total. The van der Waals surface area contributed by atoms with Gasteiger partial charge in [-0.2, -0.15) is 15.2 Å². The minimum Gasteiger partial charge on any atom is -0.486 e. The van der Waals surface area contributed by atoms with Crippen LogP contribution in [0, 0.1) is 17.1 Å². The minimum absolute atomic E-state index is 0.0195. The van der Waals surface area contributed by atoms with Gasteiger partial charge in [-0.25, -0.2) is 9.18 Å². The van der Waals surface area contributed by atoms with Crippen LogP contribution in [0.2, 0.25) is 19.6 Å². The van der Waals surface area contributed by atoms with Crippen LogP contribution in [0.15, 0.2) is 24.4 Å². The number of carbonyl (C=O) groups is 1. The summed E-state index contributed by atoms with van der Waals surface area (Å²) < 4.78 is 27.9. The number of nitrogens with zero attached hydrogens (tertiary/aromatic N) is 8. The summed E-state index contributed by atoms with van der Waals surface area (Å²) in [6.45, 7) is 7.94. The Labute approximate surface area is 214 Å². The van der Waals surface area contributed by atoms with Crippen LogP contribution in [0.3, 0.4) is 0 Å². The largest absolute Gasteiger partial charge is 0.486 e. The molecule has 1 saturated heterocycles. The van der Waals surface area contributed by atoms with E-state index in [1.807, 2.05) is 0 Å². The van der Waals surface area contributed by atoms with Crippen LogP contribution < -0.4 is 4.74 Å². The van der Waals surface area contributed by atoms with Crippen molar-refractivity contribution in [1.82, 2.24) is 34.9 Å². The standard InChI is InChI=1S/C23H29FN8O4Si/c1-37(2,3)36-11-10-31-28-22(27-29-31)16-4-5-21(19(24)12-16)35-15-17-14-26-32(20(17)13-25)18-6-8-30(9-7-18)23(33)34/h4-5,12,14,18H,6-11,15H2,1-3H3,(H,33,34). The summed E-state index contributed by atoms with van der Waals surface area (Å²) in [4.78, 5) is 13.9. The first-order valence-electron chi connectivity index (χ1n) is 11.9. The lowest BCUT2D eigenvalue weighted by molar-refractivity contribution is 0.123. The molecular weight excluding hydrogens is 499 g/mol. The van der Waals surface area contributed by atoms with Crippen molar-refractivity contribution < 1.29 is 23.5 Å². The van der Waals surface area contributed by atoms with Crippen molar-refractivity contribution in [2.75, 3.05) is 19.7 Å². The van der Waals surface area contributed by atoms with Gasteiger partial charge in [0.05, 0.1) is 25.4 Å². The van der Waals surface area contributed by atoms with Gasteiger partial charge < -0.3 is 19.2 Å². The molecule has 3 heterocycles. The van der Waals surface area contributed by atoms with Crippen molar-refractivity contribution in [2.45, 2.75) is 51.7 Å². The summed E-state index contributed by atoms with van der Waals surface area (Å²) in [5, 5.41) is 35.4. The van der Waals surface area contributed by atoms with Gasteiger partial charge in [-0.15, -0.1) is 10.2 Å². The Bertz CT molecular complexity index is 1290. The van der Waals surface area contributed by atoms with Crippen molar-refractivity contribution >= 4 is 14.4 Å². The van der Waals surface area contributed by atoms with E-state index in [1.165, 1.54) is 28.0 Å². The van der Waals surface area contributed by atoms with Crippen LogP contribution in [0.5, 0.6) is 5.75 Å². The molecule has 0 unspecified atom stereocenters. The molecule has 2 aromatic heterocycles. The zero-order chi connectivity index (χ0) is 26.6. The zero-order valence-electron chi connectivity index (χ0n) is 21.0. The molecule has 37 heavy (non-hydrogen) atoms. The second-order valence-corrected chi connectivity index (χ2v) is 14.2. The molecule has 4 rings (SSSR count). The first kappa shape index (κ1) is 26.2. The Morgan fingerprint density at radius 2 is 2.05 bits per heavy atom. The highest BCUT2D eigenvalue weighted by Crippen LogP contribution is 2.27. The van der Waals surface area contributed by atoms with Gasteiger partial charge >= 0.3 is 6.09 Å². The average Bonchev–Trinajstić information content (AvgIpc) is 3.49. The normalized spacial score (nSPS) is 14.5. The highest BCUT2D eigenvalue weighted by atomic mass is 28.4. The summed E-state index contributed by atoms with van der Waals surface area (Å²) >= 11 is 0. The van der Waals surface area contributed by atoms with E-state index in [0.717, 1.165) is 0 Å². The number of hydrogen-bond acceptors (Lipinski definition) is 8. The van der Waals surface area contributed by atoms with Crippen LogP contribution in [0.1, 0.15) is 30.1 Å². The lowest BCUT2D eigenvalue weighted by atomic mass is 10.1.